The molecule has 0 aromatic heterocycles. The van der Waals surface area contributed by atoms with Crippen LogP contribution in [-0.4, -0.2) is 7.11 Å². The molecule has 2 aromatic rings. The molecule has 3 nitrogen and oxygen atoms in total. The topological polar surface area (TPSA) is 45.0 Å². The SMILES string of the molecule is COc1cc(C)ccc1C(C)Nc1ccc(C#N)cc1Br. The molecule has 1 N–H and O–H groups in total. The van der Waals surface area contributed by atoms with Gasteiger partial charge in [-0.05, 0) is 59.6 Å². The molecule has 21 heavy (non-hydrogen) atoms. The second-order valence-corrected chi connectivity index (χ2v) is 5.77. The first kappa shape index (κ1) is 15.4. The van der Waals surface area contributed by atoms with Gasteiger partial charge in [-0.15, -0.1) is 0 Å². The molecule has 0 amide bonds. The van der Waals surface area contributed by atoms with Gasteiger partial charge < -0.3 is 10.1 Å². The smallest absolute Gasteiger partial charge is 0.124 e. The van der Waals surface area contributed by atoms with Gasteiger partial charge in [0.2, 0.25) is 0 Å². The Kier molecular flexibility index (Phi) is 4.87. The highest BCUT2D eigenvalue weighted by Gasteiger charge is 2.13. The molecule has 0 saturated heterocycles. The van der Waals surface area contributed by atoms with E-state index in [2.05, 4.69) is 46.4 Å². The molecule has 0 spiro atoms. The molecule has 108 valence electrons. The van der Waals surface area contributed by atoms with Crippen molar-refractivity contribution in [3.63, 3.8) is 0 Å². The fourth-order valence-electron chi connectivity index (χ4n) is 2.19. The molecule has 0 radical (unpaired) electrons. The van der Waals surface area contributed by atoms with Crippen LogP contribution in [0.15, 0.2) is 40.9 Å². The van der Waals surface area contributed by atoms with Crippen LogP contribution in [0.4, 0.5) is 5.69 Å². The molecule has 2 rings (SSSR count). The largest absolute Gasteiger partial charge is 0.496 e. The first-order valence-corrected chi connectivity index (χ1v) is 7.45. The van der Waals surface area contributed by atoms with E-state index in [1.54, 1.807) is 19.2 Å². The number of nitrogens with zero attached hydrogens (tertiary/aromatic N) is 1. The molecule has 0 heterocycles. The van der Waals surface area contributed by atoms with Crippen molar-refractivity contribution in [2.45, 2.75) is 19.9 Å². The Balaban J connectivity index is 2.26. The van der Waals surface area contributed by atoms with E-state index in [1.165, 1.54) is 5.56 Å². The molecule has 0 fully saturated rings. The Morgan fingerprint density at radius 1 is 1.24 bits per heavy atom. The molecule has 4 heteroatoms. The number of aryl methyl sites for hydroxylation is 1. The average molecular weight is 345 g/mol. The van der Waals surface area contributed by atoms with Crippen LogP contribution < -0.4 is 10.1 Å². The van der Waals surface area contributed by atoms with Crippen molar-refractivity contribution in [3.05, 3.63) is 57.6 Å². The summed E-state index contributed by atoms with van der Waals surface area (Å²) in [5.74, 6) is 0.875. The van der Waals surface area contributed by atoms with E-state index in [0.717, 1.165) is 21.5 Å². The van der Waals surface area contributed by atoms with Gasteiger partial charge in [-0.1, -0.05) is 12.1 Å². The van der Waals surface area contributed by atoms with Crippen molar-refractivity contribution in [1.29, 1.82) is 5.26 Å². The Morgan fingerprint density at radius 2 is 2.00 bits per heavy atom. The lowest BCUT2D eigenvalue weighted by Crippen LogP contribution is -2.08. The number of anilines is 1. The van der Waals surface area contributed by atoms with Gasteiger partial charge in [-0.3, -0.25) is 0 Å². The van der Waals surface area contributed by atoms with Gasteiger partial charge in [0, 0.05) is 15.7 Å². The van der Waals surface area contributed by atoms with E-state index in [1.807, 2.05) is 19.1 Å². The lowest BCUT2D eigenvalue weighted by Gasteiger charge is -2.19. The average Bonchev–Trinajstić information content (AvgIpc) is 2.48. The highest BCUT2D eigenvalue weighted by atomic mass is 79.9. The van der Waals surface area contributed by atoms with Gasteiger partial charge in [-0.25, -0.2) is 0 Å². The van der Waals surface area contributed by atoms with E-state index >= 15 is 0 Å². The molecule has 0 aliphatic carbocycles. The van der Waals surface area contributed by atoms with Crippen LogP contribution in [0, 0.1) is 18.3 Å². The summed E-state index contributed by atoms with van der Waals surface area (Å²) in [6, 6.07) is 13.9. The number of benzene rings is 2. The number of nitrogens with one attached hydrogen (secondary N) is 1. The Bertz CT molecular complexity index is 692. The minimum atomic E-state index is 0.0878. The number of nitriles is 1. The predicted octanol–water partition coefficient (Wildman–Crippen LogP) is 4.81. The van der Waals surface area contributed by atoms with Crippen molar-refractivity contribution in [2.24, 2.45) is 0 Å². The van der Waals surface area contributed by atoms with Crippen molar-refractivity contribution >= 4 is 21.6 Å². The normalized spacial score (nSPS) is 11.6. The summed E-state index contributed by atoms with van der Waals surface area (Å²) in [6.07, 6.45) is 0. The summed E-state index contributed by atoms with van der Waals surface area (Å²) in [5.41, 5.74) is 3.85. The summed E-state index contributed by atoms with van der Waals surface area (Å²) in [6.45, 7) is 4.12. The van der Waals surface area contributed by atoms with Gasteiger partial charge in [0.25, 0.3) is 0 Å². The number of rotatable bonds is 4. The molecule has 0 aliphatic rings. The number of ether oxygens (including phenoxy) is 1. The zero-order chi connectivity index (χ0) is 15.4. The second-order valence-electron chi connectivity index (χ2n) is 4.92. The Hall–Kier alpha value is -1.99. The van der Waals surface area contributed by atoms with E-state index in [-0.39, 0.29) is 6.04 Å². The van der Waals surface area contributed by atoms with Crippen LogP contribution in [0.2, 0.25) is 0 Å². The van der Waals surface area contributed by atoms with E-state index in [9.17, 15) is 0 Å². The number of hydrogen-bond donors (Lipinski definition) is 1. The van der Waals surface area contributed by atoms with Gasteiger partial charge >= 0.3 is 0 Å². The minimum absolute atomic E-state index is 0.0878. The fourth-order valence-corrected chi connectivity index (χ4v) is 2.68. The van der Waals surface area contributed by atoms with Crippen LogP contribution >= 0.6 is 15.9 Å². The summed E-state index contributed by atoms with van der Waals surface area (Å²) in [5, 5.41) is 12.3. The van der Waals surface area contributed by atoms with E-state index in [4.69, 9.17) is 10.00 Å². The first-order valence-electron chi connectivity index (χ1n) is 6.66. The Morgan fingerprint density at radius 3 is 2.62 bits per heavy atom. The molecule has 0 bridgehead atoms. The maximum Gasteiger partial charge on any atom is 0.124 e. The van der Waals surface area contributed by atoms with E-state index in [0.29, 0.717) is 5.56 Å². The third kappa shape index (κ3) is 3.56. The zero-order valence-electron chi connectivity index (χ0n) is 12.3. The maximum atomic E-state index is 8.90. The van der Waals surface area contributed by atoms with Crippen LogP contribution in [0.25, 0.3) is 0 Å². The van der Waals surface area contributed by atoms with Gasteiger partial charge in [0.15, 0.2) is 0 Å². The van der Waals surface area contributed by atoms with Crippen molar-refractivity contribution in [3.8, 4) is 11.8 Å². The first-order chi connectivity index (χ1) is 10.0. The standard InChI is InChI=1S/C17H17BrN2O/c1-11-4-6-14(17(8-11)21-3)12(2)20-16-7-5-13(10-19)9-15(16)18/h4-9,12,20H,1-3H3. The van der Waals surface area contributed by atoms with Crippen molar-refractivity contribution in [2.75, 3.05) is 12.4 Å². The molecule has 2 aromatic carbocycles. The predicted molar refractivity (Wildman–Crippen MR) is 88.6 cm³/mol. The quantitative estimate of drug-likeness (QED) is 0.865. The zero-order valence-corrected chi connectivity index (χ0v) is 13.9. The lowest BCUT2D eigenvalue weighted by molar-refractivity contribution is 0.407. The molecular weight excluding hydrogens is 328 g/mol. The molecular formula is C17H17BrN2O. The van der Waals surface area contributed by atoms with Crippen LogP contribution in [0.5, 0.6) is 5.75 Å². The minimum Gasteiger partial charge on any atom is -0.496 e. The van der Waals surface area contributed by atoms with Crippen LogP contribution in [0.3, 0.4) is 0 Å². The van der Waals surface area contributed by atoms with Gasteiger partial charge in [0.05, 0.1) is 24.8 Å². The summed E-state index contributed by atoms with van der Waals surface area (Å²) in [7, 11) is 1.68. The molecule has 0 saturated carbocycles. The number of hydrogen-bond acceptors (Lipinski definition) is 3. The molecule has 1 unspecified atom stereocenters. The fraction of sp³-hybridized carbons (Fsp3) is 0.235. The highest BCUT2D eigenvalue weighted by molar-refractivity contribution is 9.10. The van der Waals surface area contributed by atoms with Gasteiger partial charge in [0.1, 0.15) is 5.75 Å². The van der Waals surface area contributed by atoms with Crippen molar-refractivity contribution < 1.29 is 4.74 Å². The number of halogens is 1. The summed E-state index contributed by atoms with van der Waals surface area (Å²) < 4.78 is 6.33. The van der Waals surface area contributed by atoms with Crippen molar-refractivity contribution in [1.82, 2.24) is 0 Å². The van der Waals surface area contributed by atoms with Gasteiger partial charge in [-0.2, -0.15) is 5.26 Å². The van der Waals surface area contributed by atoms with Crippen LogP contribution in [0.1, 0.15) is 29.7 Å². The Labute approximate surface area is 133 Å². The molecule has 0 aliphatic heterocycles. The molecule has 1 atom stereocenters. The highest BCUT2D eigenvalue weighted by Crippen LogP contribution is 2.31. The number of methoxy groups -OCH3 is 1. The lowest BCUT2D eigenvalue weighted by atomic mass is 10.0. The summed E-state index contributed by atoms with van der Waals surface area (Å²) in [4.78, 5) is 0. The summed E-state index contributed by atoms with van der Waals surface area (Å²) >= 11 is 3.49. The van der Waals surface area contributed by atoms with E-state index < -0.39 is 0 Å². The third-order valence-corrected chi connectivity index (χ3v) is 3.98. The second kappa shape index (κ2) is 6.64. The van der Waals surface area contributed by atoms with Crippen LogP contribution in [-0.2, 0) is 0 Å². The monoisotopic (exact) mass is 344 g/mol. The third-order valence-electron chi connectivity index (χ3n) is 3.33. The maximum absolute atomic E-state index is 8.90.